The Labute approximate surface area is 161 Å². The summed E-state index contributed by atoms with van der Waals surface area (Å²) in [7, 11) is 1.67. The van der Waals surface area contributed by atoms with E-state index in [2.05, 4.69) is 17.0 Å². The van der Waals surface area contributed by atoms with Crippen LogP contribution >= 0.6 is 0 Å². The molecule has 2 aliphatic rings. The molecule has 148 valence electrons. The van der Waals surface area contributed by atoms with Crippen LogP contribution < -0.4 is 4.74 Å². The first kappa shape index (κ1) is 19.7. The summed E-state index contributed by atoms with van der Waals surface area (Å²) in [5, 5.41) is 0. The average Bonchev–Trinajstić information content (AvgIpc) is 3.16. The van der Waals surface area contributed by atoms with E-state index in [4.69, 9.17) is 9.47 Å². The Morgan fingerprint density at radius 3 is 2.78 bits per heavy atom. The number of nitrogens with zero attached hydrogens (tertiary/aromatic N) is 2. The van der Waals surface area contributed by atoms with E-state index in [1.165, 1.54) is 5.56 Å². The van der Waals surface area contributed by atoms with E-state index in [-0.39, 0.29) is 23.8 Å². The lowest BCUT2D eigenvalue weighted by molar-refractivity contribution is -0.151. The van der Waals surface area contributed by atoms with E-state index in [0.29, 0.717) is 19.7 Å². The Balaban J connectivity index is 1.61. The smallest absolute Gasteiger partial charge is 0.310 e. The van der Waals surface area contributed by atoms with Gasteiger partial charge in [0.05, 0.1) is 26.2 Å². The molecule has 27 heavy (non-hydrogen) atoms. The van der Waals surface area contributed by atoms with Gasteiger partial charge in [0.25, 0.3) is 0 Å². The molecule has 2 fully saturated rings. The fourth-order valence-electron chi connectivity index (χ4n) is 4.17. The lowest BCUT2D eigenvalue weighted by Crippen LogP contribution is -2.46. The van der Waals surface area contributed by atoms with Gasteiger partial charge in [-0.15, -0.1) is 0 Å². The summed E-state index contributed by atoms with van der Waals surface area (Å²) in [6, 6.07) is 8.35. The fourth-order valence-corrected chi connectivity index (χ4v) is 4.17. The number of likely N-dealkylation sites (tertiary alicyclic amines) is 2. The molecule has 1 amide bonds. The Morgan fingerprint density at radius 2 is 2.00 bits per heavy atom. The van der Waals surface area contributed by atoms with E-state index in [9.17, 15) is 9.59 Å². The first-order valence-corrected chi connectivity index (χ1v) is 9.94. The Hall–Kier alpha value is -2.08. The molecule has 0 N–H and O–H groups in total. The largest absolute Gasteiger partial charge is 0.497 e. The zero-order chi connectivity index (χ0) is 19.2. The quantitative estimate of drug-likeness (QED) is 0.717. The molecule has 6 heteroatoms. The van der Waals surface area contributed by atoms with Crippen molar-refractivity contribution in [1.82, 2.24) is 9.80 Å². The third-order valence-corrected chi connectivity index (χ3v) is 5.57. The van der Waals surface area contributed by atoms with Crippen LogP contribution in [0.3, 0.4) is 0 Å². The minimum atomic E-state index is -0.185. The maximum absolute atomic E-state index is 12.9. The van der Waals surface area contributed by atoms with Gasteiger partial charge in [-0.25, -0.2) is 0 Å². The van der Waals surface area contributed by atoms with Crippen LogP contribution in [0, 0.1) is 5.92 Å². The minimum absolute atomic E-state index is 0.110. The lowest BCUT2D eigenvalue weighted by Gasteiger charge is -2.33. The van der Waals surface area contributed by atoms with Gasteiger partial charge in [0.15, 0.2) is 0 Å². The van der Waals surface area contributed by atoms with Crippen molar-refractivity contribution in [2.45, 2.75) is 38.6 Å². The second-order valence-electron chi connectivity index (χ2n) is 7.34. The third kappa shape index (κ3) is 4.80. The molecular formula is C21H30N2O4. The van der Waals surface area contributed by atoms with Gasteiger partial charge in [-0.05, 0) is 56.8 Å². The molecule has 0 unspecified atom stereocenters. The second-order valence-corrected chi connectivity index (χ2v) is 7.34. The summed E-state index contributed by atoms with van der Waals surface area (Å²) >= 11 is 0. The normalized spacial score (nSPS) is 23.3. The van der Waals surface area contributed by atoms with E-state index in [1.807, 2.05) is 24.0 Å². The molecule has 1 aromatic rings. The van der Waals surface area contributed by atoms with E-state index >= 15 is 0 Å². The summed E-state index contributed by atoms with van der Waals surface area (Å²) in [4.78, 5) is 29.0. The number of carbonyl (C=O) groups is 2. The summed E-state index contributed by atoms with van der Waals surface area (Å²) < 4.78 is 10.5. The van der Waals surface area contributed by atoms with Crippen molar-refractivity contribution in [3.05, 3.63) is 29.8 Å². The van der Waals surface area contributed by atoms with Crippen LogP contribution in [0.4, 0.5) is 0 Å². The summed E-state index contributed by atoms with van der Waals surface area (Å²) in [5.41, 5.74) is 1.20. The van der Waals surface area contributed by atoms with Crippen LogP contribution in [-0.2, 0) is 14.3 Å². The fraction of sp³-hybridized carbons (Fsp3) is 0.619. The Kier molecular flexibility index (Phi) is 6.72. The summed E-state index contributed by atoms with van der Waals surface area (Å²) in [6.07, 6.45) is 3.79. The third-order valence-electron chi connectivity index (χ3n) is 5.57. The predicted molar refractivity (Wildman–Crippen MR) is 102 cm³/mol. The number of benzene rings is 1. The Morgan fingerprint density at radius 1 is 1.19 bits per heavy atom. The van der Waals surface area contributed by atoms with Crippen molar-refractivity contribution in [2.75, 3.05) is 39.9 Å². The van der Waals surface area contributed by atoms with Crippen molar-refractivity contribution in [3.8, 4) is 5.75 Å². The summed E-state index contributed by atoms with van der Waals surface area (Å²) in [5.74, 6) is 0.596. The maximum Gasteiger partial charge on any atom is 0.310 e. The van der Waals surface area contributed by atoms with Gasteiger partial charge < -0.3 is 14.4 Å². The number of amides is 1. The zero-order valence-corrected chi connectivity index (χ0v) is 16.4. The molecular weight excluding hydrogens is 344 g/mol. The van der Waals surface area contributed by atoms with E-state index in [1.54, 1.807) is 7.11 Å². The van der Waals surface area contributed by atoms with Crippen molar-refractivity contribution in [2.24, 2.45) is 5.92 Å². The van der Waals surface area contributed by atoms with Gasteiger partial charge in [-0.2, -0.15) is 0 Å². The molecule has 0 radical (unpaired) electrons. The number of hydrogen-bond acceptors (Lipinski definition) is 5. The predicted octanol–water partition coefficient (Wildman–Crippen LogP) is 2.63. The SMILES string of the molecule is CCOC(=O)[C@H]1CCCN(C(=O)CN2CCC[C@@H]2c2cccc(OC)c2)C1. The molecule has 2 aliphatic heterocycles. The lowest BCUT2D eigenvalue weighted by atomic mass is 9.98. The van der Waals surface area contributed by atoms with Gasteiger partial charge in [-0.3, -0.25) is 14.5 Å². The highest BCUT2D eigenvalue weighted by atomic mass is 16.5. The number of carbonyl (C=O) groups excluding carboxylic acids is 2. The van der Waals surface area contributed by atoms with Crippen LogP contribution in [-0.4, -0.2) is 61.6 Å². The standard InChI is InChI=1S/C21H30N2O4/c1-3-27-21(25)17-8-5-12-23(14-17)20(24)15-22-11-6-10-19(22)16-7-4-9-18(13-16)26-2/h4,7,9,13,17,19H,3,5-6,8,10-12,14-15H2,1-2H3/t17-,19+/m0/s1. The van der Waals surface area contributed by atoms with Gasteiger partial charge in [0.1, 0.15) is 5.75 Å². The molecule has 0 saturated carbocycles. The Bertz CT molecular complexity index is 663. The molecule has 0 spiro atoms. The molecule has 3 rings (SSSR count). The molecule has 2 saturated heterocycles. The number of ether oxygens (including phenoxy) is 2. The van der Waals surface area contributed by atoms with Crippen LogP contribution in [0.15, 0.2) is 24.3 Å². The van der Waals surface area contributed by atoms with Gasteiger partial charge in [0.2, 0.25) is 5.91 Å². The van der Waals surface area contributed by atoms with Crippen LogP contribution in [0.25, 0.3) is 0 Å². The van der Waals surface area contributed by atoms with Gasteiger partial charge in [-0.1, -0.05) is 12.1 Å². The topological polar surface area (TPSA) is 59.1 Å². The minimum Gasteiger partial charge on any atom is -0.497 e. The number of methoxy groups -OCH3 is 1. The molecule has 6 nitrogen and oxygen atoms in total. The first-order valence-electron chi connectivity index (χ1n) is 9.94. The maximum atomic E-state index is 12.9. The van der Waals surface area contributed by atoms with Crippen molar-refractivity contribution < 1.29 is 19.1 Å². The number of hydrogen-bond donors (Lipinski definition) is 0. The highest BCUT2D eigenvalue weighted by molar-refractivity contribution is 5.80. The van der Waals surface area contributed by atoms with Crippen molar-refractivity contribution in [3.63, 3.8) is 0 Å². The van der Waals surface area contributed by atoms with Crippen molar-refractivity contribution >= 4 is 11.9 Å². The number of piperidine rings is 1. The van der Waals surface area contributed by atoms with Crippen LogP contribution in [0.1, 0.15) is 44.2 Å². The number of rotatable bonds is 6. The highest BCUT2D eigenvalue weighted by Crippen LogP contribution is 2.33. The molecule has 0 bridgehead atoms. The zero-order valence-electron chi connectivity index (χ0n) is 16.4. The monoisotopic (exact) mass is 374 g/mol. The second kappa shape index (κ2) is 9.22. The van der Waals surface area contributed by atoms with E-state index < -0.39 is 0 Å². The molecule has 1 aromatic carbocycles. The highest BCUT2D eigenvalue weighted by Gasteiger charge is 2.33. The molecule has 2 atom stereocenters. The van der Waals surface area contributed by atoms with Crippen LogP contribution in [0.2, 0.25) is 0 Å². The van der Waals surface area contributed by atoms with Gasteiger partial charge in [0, 0.05) is 19.1 Å². The van der Waals surface area contributed by atoms with Gasteiger partial charge >= 0.3 is 5.97 Å². The molecule has 0 aromatic heterocycles. The van der Waals surface area contributed by atoms with Crippen molar-refractivity contribution in [1.29, 1.82) is 0 Å². The van der Waals surface area contributed by atoms with Crippen LogP contribution in [0.5, 0.6) is 5.75 Å². The molecule has 2 heterocycles. The van der Waals surface area contributed by atoms with E-state index in [0.717, 1.165) is 44.5 Å². The summed E-state index contributed by atoms with van der Waals surface area (Å²) in [6.45, 7) is 4.73. The molecule has 0 aliphatic carbocycles. The average molecular weight is 374 g/mol. The number of esters is 1. The first-order chi connectivity index (χ1) is 13.1.